The van der Waals surface area contributed by atoms with Gasteiger partial charge in [-0.25, -0.2) is 4.98 Å². The van der Waals surface area contributed by atoms with Gasteiger partial charge in [0.1, 0.15) is 18.3 Å². The van der Waals surface area contributed by atoms with E-state index < -0.39 is 47.8 Å². The second-order valence-electron chi connectivity index (χ2n) is 15.4. The molecule has 0 N–H and O–H groups in total. The summed E-state index contributed by atoms with van der Waals surface area (Å²) in [5.41, 5.74) is 1.19. The Hall–Kier alpha value is -0.926. The van der Waals surface area contributed by atoms with Crippen molar-refractivity contribution in [2.24, 2.45) is 0 Å². The number of nitrogens with zero attached hydrogens (tertiary/aromatic N) is 4. The van der Waals surface area contributed by atoms with Crippen molar-refractivity contribution < 1.29 is 26.9 Å². The van der Waals surface area contributed by atoms with Gasteiger partial charge in [-0.2, -0.15) is 9.97 Å². The maximum atomic E-state index is 6.85. The van der Waals surface area contributed by atoms with Crippen LogP contribution in [0.15, 0.2) is 6.33 Å². The van der Waals surface area contributed by atoms with Crippen LogP contribution in [0.5, 0.6) is 11.9 Å². The van der Waals surface area contributed by atoms with Crippen LogP contribution in [0.25, 0.3) is 11.2 Å². The number of aromatic nitrogens is 4. The lowest BCUT2D eigenvalue weighted by molar-refractivity contribution is -0.0457. The monoisotopic (exact) mass is 644 g/mol. The lowest BCUT2D eigenvalue weighted by atomic mass is 10.1. The van der Waals surface area contributed by atoms with E-state index >= 15 is 0 Å². The van der Waals surface area contributed by atoms with Gasteiger partial charge >= 0.3 is 6.01 Å². The third-order valence-electron chi connectivity index (χ3n) is 5.39. The third-order valence-corrected chi connectivity index (χ3v) is 9.98. The van der Waals surface area contributed by atoms with Crippen molar-refractivity contribution in [3.8, 4) is 11.9 Å². The molecule has 15 heteroatoms. The zero-order valence-electron chi connectivity index (χ0n) is 27.3. The van der Waals surface area contributed by atoms with E-state index in [-0.39, 0.29) is 18.3 Å². The summed E-state index contributed by atoms with van der Waals surface area (Å²) < 4.78 is 41.4. The van der Waals surface area contributed by atoms with Gasteiger partial charge in [0.2, 0.25) is 22.5 Å². The predicted octanol–water partition coefficient (Wildman–Crippen LogP) is 6.44. The second-order valence-corrected chi connectivity index (χ2v) is 37.7. The zero-order chi connectivity index (χ0) is 30.5. The van der Waals surface area contributed by atoms with Crippen LogP contribution in [0.3, 0.4) is 0 Å². The van der Waals surface area contributed by atoms with Crippen molar-refractivity contribution in [1.82, 2.24) is 19.5 Å². The summed E-state index contributed by atoms with van der Waals surface area (Å²) in [6.07, 6.45) is 0.313. The fraction of sp³-hybridized carbons (Fsp3) is 0.800. The fourth-order valence-electron chi connectivity index (χ4n) is 4.22. The summed E-state index contributed by atoms with van der Waals surface area (Å²) in [4.78, 5) is 14.3. The Morgan fingerprint density at radius 3 is 1.75 bits per heavy atom. The normalized spacial score (nSPS) is 23.2. The molecule has 0 aromatic carbocycles. The SMILES string of the molecule is C[Si](C)(C)OCC1OC(n2cnc3c(O[Si](C)(C)C)nc(O[Si](C)(C)C)nc32)C(O[Si](C)(C)C)C1O[Si](C)(C)C. The molecule has 228 valence electrons. The van der Waals surface area contributed by atoms with E-state index in [0.717, 1.165) is 0 Å². The van der Waals surface area contributed by atoms with Gasteiger partial charge in [0.15, 0.2) is 42.3 Å². The maximum absolute atomic E-state index is 6.85. The molecule has 4 atom stereocenters. The topological polar surface area (TPSA) is 99.0 Å². The minimum absolute atomic E-state index is 0.283. The van der Waals surface area contributed by atoms with Crippen LogP contribution in [0.2, 0.25) is 98.2 Å². The van der Waals surface area contributed by atoms with Crippen molar-refractivity contribution in [2.75, 3.05) is 6.61 Å². The number of hydrogen-bond acceptors (Lipinski definition) is 9. The minimum atomic E-state index is -2.02. The molecule has 0 amide bonds. The summed E-state index contributed by atoms with van der Waals surface area (Å²) in [6, 6.07) is 0.302. The summed E-state index contributed by atoms with van der Waals surface area (Å²) in [5, 5.41) is 0. The first-order chi connectivity index (χ1) is 17.9. The number of rotatable bonds is 12. The molecule has 4 unspecified atom stereocenters. The lowest BCUT2D eigenvalue weighted by Crippen LogP contribution is -2.48. The van der Waals surface area contributed by atoms with Crippen LogP contribution in [-0.2, 0) is 18.0 Å². The predicted molar refractivity (Wildman–Crippen MR) is 173 cm³/mol. The van der Waals surface area contributed by atoms with E-state index in [1.807, 2.05) is 4.57 Å². The molecule has 3 heterocycles. The number of hydrogen-bond donors (Lipinski definition) is 0. The third kappa shape index (κ3) is 9.83. The molecule has 1 aliphatic rings. The molecule has 2 aromatic heterocycles. The molecule has 10 nitrogen and oxygen atoms in total. The van der Waals surface area contributed by atoms with E-state index in [0.29, 0.717) is 29.7 Å². The van der Waals surface area contributed by atoms with Crippen LogP contribution < -0.4 is 8.85 Å². The van der Waals surface area contributed by atoms with Crippen molar-refractivity contribution in [1.29, 1.82) is 0 Å². The van der Waals surface area contributed by atoms with Gasteiger partial charge < -0.3 is 26.9 Å². The van der Waals surface area contributed by atoms with E-state index in [4.69, 9.17) is 36.8 Å². The standard InChI is InChI=1S/C25H52N4O6Si5/c1-36(2,3)30-16-18-20(32-37(4,5)6)21(33-38(7,8)9)24(31-18)29-17-26-19-22(29)27-25(35-40(13,14)15)28-23(19)34-39(10,11)12/h17-18,20-21,24H,16H2,1-15H3. The van der Waals surface area contributed by atoms with Crippen molar-refractivity contribution >= 4 is 52.8 Å². The molecule has 0 saturated carbocycles. The quantitative estimate of drug-likeness (QED) is 0.242. The largest absolute Gasteiger partial charge is 0.530 e. The molecular weight excluding hydrogens is 593 g/mol. The Bertz CT molecular complexity index is 1160. The average Bonchev–Trinajstić information content (AvgIpc) is 3.23. The molecule has 3 rings (SSSR count). The minimum Gasteiger partial charge on any atom is -0.530 e. The number of imidazole rings is 1. The molecule has 1 aliphatic heterocycles. The Morgan fingerprint density at radius 2 is 1.25 bits per heavy atom. The summed E-state index contributed by atoms with van der Waals surface area (Å²) in [6.45, 7) is 32.8. The average molecular weight is 645 g/mol. The Balaban J connectivity index is 2.17. The molecule has 1 saturated heterocycles. The zero-order valence-corrected chi connectivity index (χ0v) is 32.3. The first kappa shape index (κ1) is 33.6. The van der Waals surface area contributed by atoms with E-state index in [1.165, 1.54) is 0 Å². The summed E-state index contributed by atoms with van der Waals surface area (Å²) >= 11 is 0. The highest BCUT2D eigenvalue weighted by Gasteiger charge is 2.51. The molecule has 1 fully saturated rings. The smallest absolute Gasteiger partial charge is 0.307 e. The molecular formula is C25H52N4O6Si5. The van der Waals surface area contributed by atoms with Gasteiger partial charge in [-0.05, 0) is 98.2 Å². The fourth-order valence-corrected chi connectivity index (χ4v) is 8.42. The lowest BCUT2D eigenvalue weighted by Gasteiger charge is -2.34. The van der Waals surface area contributed by atoms with Crippen LogP contribution in [0, 0.1) is 0 Å². The van der Waals surface area contributed by atoms with Gasteiger partial charge in [-0.1, -0.05) is 0 Å². The van der Waals surface area contributed by atoms with E-state index in [2.05, 4.69) is 103 Å². The molecule has 40 heavy (non-hydrogen) atoms. The Kier molecular flexibility index (Phi) is 9.76. The van der Waals surface area contributed by atoms with Crippen LogP contribution in [0.4, 0.5) is 0 Å². The first-order valence-electron chi connectivity index (χ1n) is 14.2. The highest BCUT2D eigenvalue weighted by atomic mass is 28.4. The van der Waals surface area contributed by atoms with Crippen LogP contribution in [-0.4, -0.2) is 86.0 Å². The first-order valence-corrected chi connectivity index (χ1v) is 31.2. The van der Waals surface area contributed by atoms with Crippen molar-refractivity contribution in [2.45, 2.75) is 123 Å². The molecule has 0 aliphatic carbocycles. The summed E-state index contributed by atoms with van der Waals surface area (Å²) in [7, 11) is -9.78. The molecule has 0 radical (unpaired) electrons. The Morgan fingerprint density at radius 1 is 0.700 bits per heavy atom. The number of ether oxygens (including phenoxy) is 1. The second kappa shape index (κ2) is 11.6. The van der Waals surface area contributed by atoms with Gasteiger partial charge in [0, 0.05) is 0 Å². The van der Waals surface area contributed by atoms with Crippen LogP contribution >= 0.6 is 0 Å². The van der Waals surface area contributed by atoms with E-state index in [1.54, 1.807) is 6.33 Å². The molecule has 0 spiro atoms. The number of fused-ring (bicyclic) bond motifs is 1. The van der Waals surface area contributed by atoms with Gasteiger partial charge in [0.05, 0.1) is 12.9 Å². The highest BCUT2D eigenvalue weighted by molar-refractivity contribution is 6.71. The molecule has 0 bridgehead atoms. The highest BCUT2D eigenvalue weighted by Crippen LogP contribution is 2.39. The maximum Gasteiger partial charge on any atom is 0.307 e. The molecule has 2 aromatic rings. The Labute approximate surface area is 246 Å². The van der Waals surface area contributed by atoms with Crippen LogP contribution in [0.1, 0.15) is 6.23 Å². The van der Waals surface area contributed by atoms with Gasteiger partial charge in [-0.15, -0.1) is 0 Å². The van der Waals surface area contributed by atoms with E-state index in [9.17, 15) is 0 Å². The van der Waals surface area contributed by atoms with Gasteiger partial charge in [-0.3, -0.25) is 4.57 Å². The van der Waals surface area contributed by atoms with Crippen molar-refractivity contribution in [3.63, 3.8) is 0 Å². The van der Waals surface area contributed by atoms with Crippen molar-refractivity contribution in [3.05, 3.63) is 6.33 Å². The summed E-state index contributed by atoms with van der Waals surface area (Å²) in [5.74, 6) is 0.449. The van der Waals surface area contributed by atoms with Gasteiger partial charge in [0.25, 0.3) is 0 Å².